The van der Waals surface area contributed by atoms with E-state index in [4.69, 9.17) is 0 Å². The Balaban J connectivity index is 1.92. The van der Waals surface area contributed by atoms with E-state index in [2.05, 4.69) is 42.7 Å². The standard InChI is InChI=1S/C13H26N2S/c1-4-13(5-6-14-9-13)10-15-7-11(2)16-12(3)8-15/h11-12,14H,4-10H2,1-3H3. The molecule has 2 heterocycles. The molecular formula is C13H26N2S. The molecule has 0 aromatic carbocycles. The Morgan fingerprint density at radius 3 is 2.50 bits per heavy atom. The number of nitrogens with one attached hydrogen (secondary N) is 1. The predicted molar refractivity (Wildman–Crippen MR) is 73.2 cm³/mol. The zero-order valence-corrected chi connectivity index (χ0v) is 11.8. The molecule has 3 heteroatoms. The Morgan fingerprint density at radius 2 is 2.00 bits per heavy atom. The summed E-state index contributed by atoms with van der Waals surface area (Å²) in [5.41, 5.74) is 0.571. The summed E-state index contributed by atoms with van der Waals surface area (Å²) in [6, 6.07) is 0. The van der Waals surface area contributed by atoms with Crippen molar-refractivity contribution in [2.75, 3.05) is 32.7 Å². The van der Waals surface area contributed by atoms with Crippen LogP contribution in [0.3, 0.4) is 0 Å². The summed E-state index contributed by atoms with van der Waals surface area (Å²) >= 11 is 2.15. The second-order valence-electron chi connectivity index (χ2n) is 5.73. The molecule has 3 unspecified atom stereocenters. The van der Waals surface area contributed by atoms with Crippen molar-refractivity contribution in [1.82, 2.24) is 10.2 Å². The molecule has 0 radical (unpaired) electrons. The fourth-order valence-electron chi connectivity index (χ4n) is 3.23. The van der Waals surface area contributed by atoms with Crippen LogP contribution in [-0.2, 0) is 0 Å². The van der Waals surface area contributed by atoms with Crippen LogP contribution in [0, 0.1) is 5.41 Å². The van der Waals surface area contributed by atoms with E-state index in [-0.39, 0.29) is 0 Å². The largest absolute Gasteiger partial charge is 0.316 e. The molecule has 0 spiro atoms. The van der Waals surface area contributed by atoms with Crippen molar-refractivity contribution in [2.24, 2.45) is 5.41 Å². The van der Waals surface area contributed by atoms with Crippen LogP contribution >= 0.6 is 11.8 Å². The molecule has 2 aliphatic rings. The third-order valence-electron chi connectivity index (χ3n) is 4.14. The van der Waals surface area contributed by atoms with Gasteiger partial charge in [-0.25, -0.2) is 0 Å². The highest BCUT2D eigenvalue weighted by Crippen LogP contribution is 2.33. The lowest BCUT2D eigenvalue weighted by Crippen LogP contribution is -2.46. The average molecular weight is 242 g/mol. The first-order valence-corrected chi connectivity index (χ1v) is 7.66. The lowest BCUT2D eigenvalue weighted by atomic mass is 9.83. The van der Waals surface area contributed by atoms with E-state index >= 15 is 0 Å². The zero-order valence-electron chi connectivity index (χ0n) is 11.0. The molecule has 94 valence electrons. The molecule has 16 heavy (non-hydrogen) atoms. The van der Waals surface area contributed by atoms with Crippen LogP contribution in [0.5, 0.6) is 0 Å². The molecule has 2 nitrogen and oxygen atoms in total. The normalized spacial score (nSPS) is 41.4. The van der Waals surface area contributed by atoms with E-state index in [1.807, 2.05) is 0 Å². The fraction of sp³-hybridized carbons (Fsp3) is 1.00. The molecule has 0 amide bonds. The first-order chi connectivity index (χ1) is 7.63. The molecule has 0 saturated carbocycles. The molecule has 2 saturated heterocycles. The van der Waals surface area contributed by atoms with E-state index in [0.717, 1.165) is 10.5 Å². The van der Waals surface area contributed by atoms with E-state index < -0.39 is 0 Å². The first kappa shape index (κ1) is 12.7. The maximum atomic E-state index is 3.54. The molecule has 0 aromatic heterocycles. The Kier molecular flexibility index (Phi) is 4.20. The highest BCUT2D eigenvalue weighted by Gasteiger charge is 2.35. The monoisotopic (exact) mass is 242 g/mol. The SMILES string of the molecule is CCC1(CN2CC(C)SC(C)C2)CCNC1. The van der Waals surface area contributed by atoms with Crippen molar-refractivity contribution < 1.29 is 0 Å². The van der Waals surface area contributed by atoms with Gasteiger partial charge in [0, 0.05) is 36.7 Å². The summed E-state index contributed by atoms with van der Waals surface area (Å²) in [7, 11) is 0. The van der Waals surface area contributed by atoms with Crippen LogP contribution in [0.1, 0.15) is 33.6 Å². The summed E-state index contributed by atoms with van der Waals surface area (Å²) < 4.78 is 0. The van der Waals surface area contributed by atoms with Crippen molar-refractivity contribution in [3.8, 4) is 0 Å². The minimum absolute atomic E-state index is 0.571. The van der Waals surface area contributed by atoms with E-state index in [0.29, 0.717) is 5.41 Å². The molecule has 0 bridgehead atoms. The van der Waals surface area contributed by atoms with Gasteiger partial charge in [0.25, 0.3) is 0 Å². The highest BCUT2D eigenvalue weighted by atomic mass is 32.2. The van der Waals surface area contributed by atoms with Crippen LogP contribution in [0.15, 0.2) is 0 Å². The number of rotatable bonds is 3. The van der Waals surface area contributed by atoms with Crippen molar-refractivity contribution in [2.45, 2.75) is 44.1 Å². The topological polar surface area (TPSA) is 15.3 Å². The average Bonchev–Trinajstić information content (AvgIpc) is 2.65. The van der Waals surface area contributed by atoms with Gasteiger partial charge in [0.2, 0.25) is 0 Å². The van der Waals surface area contributed by atoms with Gasteiger partial charge in [-0.3, -0.25) is 0 Å². The van der Waals surface area contributed by atoms with Gasteiger partial charge in [-0.15, -0.1) is 0 Å². The van der Waals surface area contributed by atoms with E-state index in [9.17, 15) is 0 Å². The lowest BCUT2D eigenvalue weighted by molar-refractivity contribution is 0.156. The van der Waals surface area contributed by atoms with Crippen LogP contribution < -0.4 is 5.32 Å². The van der Waals surface area contributed by atoms with Gasteiger partial charge in [0.15, 0.2) is 0 Å². The minimum atomic E-state index is 0.571. The Labute approximate surface area is 105 Å². The van der Waals surface area contributed by atoms with Gasteiger partial charge in [-0.05, 0) is 24.8 Å². The molecule has 0 aliphatic carbocycles. The van der Waals surface area contributed by atoms with Crippen LogP contribution in [0.2, 0.25) is 0 Å². The minimum Gasteiger partial charge on any atom is -0.316 e. The summed E-state index contributed by atoms with van der Waals surface area (Å²) in [5.74, 6) is 0. The molecule has 2 aliphatic heterocycles. The third-order valence-corrected chi connectivity index (χ3v) is 5.36. The fourth-order valence-corrected chi connectivity index (χ4v) is 4.62. The van der Waals surface area contributed by atoms with Gasteiger partial charge in [0.1, 0.15) is 0 Å². The van der Waals surface area contributed by atoms with E-state index in [1.165, 1.54) is 45.6 Å². The van der Waals surface area contributed by atoms with Crippen molar-refractivity contribution in [3.05, 3.63) is 0 Å². The van der Waals surface area contributed by atoms with Crippen LogP contribution in [0.25, 0.3) is 0 Å². The molecule has 0 aromatic rings. The van der Waals surface area contributed by atoms with E-state index in [1.54, 1.807) is 0 Å². The highest BCUT2D eigenvalue weighted by molar-refractivity contribution is 8.00. The molecule has 2 fully saturated rings. The van der Waals surface area contributed by atoms with Gasteiger partial charge < -0.3 is 10.2 Å². The number of thioether (sulfide) groups is 1. The Bertz CT molecular complexity index is 216. The van der Waals surface area contributed by atoms with Crippen LogP contribution in [0.4, 0.5) is 0 Å². The van der Waals surface area contributed by atoms with Crippen molar-refractivity contribution in [1.29, 1.82) is 0 Å². The van der Waals surface area contributed by atoms with Gasteiger partial charge in [-0.1, -0.05) is 20.8 Å². The lowest BCUT2D eigenvalue weighted by Gasteiger charge is -2.40. The number of hydrogen-bond donors (Lipinski definition) is 1. The summed E-state index contributed by atoms with van der Waals surface area (Å²) in [6.07, 6.45) is 2.70. The second-order valence-corrected chi connectivity index (χ2v) is 7.61. The zero-order chi connectivity index (χ0) is 11.6. The summed E-state index contributed by atoms with van der Waals surface area (Å²) in [4.78, 5) is 2.71. The number of nitrogens with zero attached hydrogens (tertiary/aromatic N) is 1. The molecule has 3 atom stereocenters. The molecular weight excluding hydrogens is 216 g/mol. The quantitative estimate of drug-likeness (QED) is 0.817. The summed E-state index contributed by atoms with van der Waals surface area (Å²) in [6.45, 7) is 13.5. The summed E-state index contributed by atoms with van der Waals surface area (Å²) in [5, 5.41) is 5.17. The van der Waals surface area contributed by atoms with Crippen molar-refractivity contribution in [3.63, 3.8) is 0 Å². The smallest absolute Gasteiger partial charge is 0.0149 e. The van der Waals surface area contributed by atoms with Gasteiger partial charge >= 0.3 is 0 Å². The third kappa shape index (κ3) is 2.93. The van der Waals surface area contributed by atoms with Gasteiger partial charge in [-0.2, -0.15) is 11.8 Å². The van der Waals surface area contributed by atoms with Crippen molar-refractivity contribution >= 4 is 11.8 Å². The Hall–Kier alpha value is 0.270. The van der Waals surface area contributed by atoms with Gasteiger partial charge in [0.05, 0.1) is 0 Å². The Morgan fingerprint density at radius 1 is 1.31 bits per heavy atom. The second kappa shape index (κ2) is 5.28. The van der Waals surface area contributed by atoms with Crippen LogP contribution in [-0.4, -0.2) is 48.1 Å². The first-order valence-electron chi connectivity index (χ1n) is 6.72. The molecule has 2 rings (SSSR count). The maximum Gasteiger partial charge on any atom is 0.0149 e. The predicted octanol–water partition coefficient (Wildman–Crippen LogP) is 2.20. The number of hydrogen-bond acceptors (Lipinski definition) is 3. The molecule has 1 N–H and O–H groups in total. The maximum absolute atomic E-state index is 3.54.